The number of hydrogen-bond donors (Lipinski definition) is 0. The predicted octanol–water partition coefficient (Wildman–Crippen LogP) is 5.56. The van der Waals surface area contributed by atoms with Crippen LogP contribution in [0.15, 0.2) is 27.1 Å². The Bertz CT molecular complexity index is 293. The van der Waals surface area contributed by atoms with Gasteiger partial charge in [0.15, 0.2) is 0 Å². The van der Waals surface area contributed by atoms with E-state index in [1.165, 1.54) is 25.7 Å². The van der Waals surface area contributed by atoms with Crippen molar-refractivity contribution in [1.29, 1.82) is 0 Å². The smallest absolute Gasteiger partial charge is 0.121 e. The van der Waals surface area contributed by atoms with Gasteiger partial charge in [-0.05, 0) is 24.6 Å². The molecule has 0 bridgehead atoms. The molecular weight excluding hydrogens is 332 g/mol. The van der Waals surface area contributed by atoms with Crippen LogP contribution in [0.5, 0.6) is 5.75 Å². The lowest BCUT2D eigenvalue weighted by molar-refractivity contribution is 0.304. The molecule has 90 valence electrons. The van der Waals surface area contributed by atoms with Crippen LogP contribution in [0.25, 0.3) is 0 Å². The molecule has 0 unspecified atom stereocenters. The molecule has 0 heterocycles. The Morgan fingerprint density at radius 1 is 0.938 bits per heavy atom. The van der Waals surface area contributed by atoms with E-state index in [2.05, 4.69) is 38.8 Å². The molecule has 0 saturated carbocycles. The summed E-state index contributed by atoms with van der Waals surface area (Å²) in [6.07, 6.45) is 6.36. The fourth-order valence-electron chi connectivity index (χ4n) is 1.51. The van der Waals surface area contributed by atoms with Gasteiger partial charge in [0.05, 0.1) is 6.61 Å². The van der Waals surface area contributed by atoms with Gasteiger partial charge >= 0.3 is 0 Å². The molecule has 0 aromatic heterocycles. The summed E-state index contributed by atoms with van der Waals surface area (Å²) >= 11 is 6.89. The Morgan fingerprint density at radius 3 is 2.19 bits per heavy atom. The highest BCUT2D eigenvalue weighted by molar-refractivity contribution is 9.11. The lowest BCUT2D eigenvalue weighted by Gasteiger charge is -2.07. The van der Waals surface area contributed by atoms with E-state index >= 15 is 0 Å². The highest BCUT2D eigenvalue weighted by Crippen LogP contribution is 2.25. The van der Waals surface area contributed by atoms with Gasteiger partial charge in [-0.2, -0.15) is 0 Å². The molecule has 1 rings (SSSR count). The number of unbranched alkanes of at least 4 members (excludes halogenated alkanes) is 4. The summed E-state index contributed by atoms with van der Waals surface area (Å²) in [5, 5.41) is 0. The maximum Gasteiger partial charge on any atom is 0.121 e. The molecular formula is C13H18Br2O. The lowest BCUT2D eigenvalue weighted by Crippen LogP contribution is -1.97. The average Bonchev–Trinajstić information content (AvgIpc) is 2.22. The van der Waals surface area contributed by atoms with Crippen molar-refractivity contribution in [2.24, 2.45) is 0 Å². The van der Waals surface area contributed by atoms with Crippen LogP contribution < -0.4 is 4.74 Å². The van der Waals surface area contributed by atoms with Crippen LogP contribution in [0.3, 0.4) is 0 Å². The van der Waals surface area contributed by atoms with Crippen molar-refractivity contribution < 1.29 is 4.74 Å². The number of hydrogen-bond acceptors (Lipinski definition) is 1. The molecule has 0 amide bonds. The quantitative estimate of drug-likeness (QED) is 0.585. The largest absolute Gasteiger partial charge is 0.494 e. The third kappa shape index (κ3) is 5.90. The first kappa shape index (κ1) is 14.0. The Kier molecular flexibility index (Phi) is 7.13. The van der Waals surface area contributed by atoms with Gasteiger partial charge < -0.3 is 4.74 Å². The standard InChI is InChI=1S/C13H18Br2O/c1-2-3-4-5-6-7-16-13-9-11(14)8-12(15)10-13/h8-10H,2-7H2,1H3. The van der Waals surface area contributed by atoms with Crippen LogP contribution >= 0.6 is 31.9 Å². The van der Waals surface area contributed by atoms with Gasteiger partial charge in [0.2, 0.25) is 0 Å². The van der Waals surface area contributed by atoms with Crippen LogP contribution in [0, 0.1) is 0 Å². The number of halogens is 2. The molecule has 1 aromatic rings. The molecule has 0 saturated heterocycles. The van der Waals surface area contributed by atoms with Crippen molar-refractivity contribution in [3.63, 3.8) is 0 Å². The summed E-state index contributed by atoms with van der Waals surface area (Å²) in [6, 6.07) is 6.00. The summed E-state index contributed by atoms with van der Waals surface area (Å²) in [5.74, 6) is 0.928. The Labute approximate surface area is 115 Å². The highest BCUT2D eigenvalue weighted by Gasteiger charge is 1.98. The predicted molar refractivity (Wildman–Crippen MR) is 76.1 cm³/mol. The van der Waals surface area contributed by atoms with Crippen molar-refractivity contribution in [2.75, 3.05) is 6.61 Å². The second-order valence-corrected chi connectivity index (χ2v) is 5.70. The first-order valence-electron chi connectivity index (χ1n) is 5.81. The zero-order valence-electron chi connectivity index (χ0n) is 9.64. The van der Waals surface area contributed by atoms with E-state index in [1.807, 2.05) is 18.2 Å². The molecule has 0 N–H and O–H groups in total. The fourth-order valence-corrected chi connectivity index (χ4v) is 2.76. The minimum absolute atomic E-state index is 0.812. The minimum atomic E-state index is 0.812. The van der Waals surface area contributed by atoms with Gasteiger partial charge in [0, 0.05) is 8.95 Å². The molecule has 0 radical (unpaired) electrons. The second kappa shape index (κ2) is 8.13. The van der Waals surface area contributed by atoms with Gasteiger partial charge in [-0.1, -0.05) is 64.5 Å². The van der Waals surface area contributed by atoms with E-state index in [-0.39, 0.29) is 0 Å². The maximum absolute atomic E-state index is 5.69. The molecule has 3 heteroatoms. The first-order valence-corrected chi connectivity index (χ1v) is 7.40. The van der Waals surface area contributed by atoms with Crippen LogP contribution in [-0.4, -0.2) is 6.61 Å². The third-order valence-electron chi connectivity index (χ3n) is 2.35. The zero-order valence-corrected chi connectivity index (χ0v) is 12.8. The highest BCUT2D eigenvalue weighted by atomic mass is 79.9. The summed E-state index contributed by atoms with van der Waals surface area (Å²) in [4.78, 5) is 0. The zero-order chi connectivity index (χ0) is 11.8. The summed E-state index contributed by atoms with van der Waals surface area (Å²) < 4.78 is 7.78. The number of benzene rings is 1. The van der Waals surface area contributed by atoms with Crippen LogP contribution in [-0.2, 0) is 0 Å². The van der Waals surface area contributed by atoms with Crippen LogP contribution in [0.2, 0.25) is 0 Å². The van der Waals surface area contributed by atoms with Crippen molar-refractivity contribution in [1.82, 2.24) is 0 Å². The van der Waals surface area contributed by atoms with E-state index in [4.69, 9.17) is 4.74 Å². The second-order valence-electron chi connectivity index (χ2n) is 3.87. The van der Waals surface area contributed by atoms with Gasteiger partial charge in [0.1, 0.15) is 5.75 Å². The molecule has 0 atom stereocenters. The van der Waals surface area contributed by atoms with E-state index in [0.717, 1.165) is 27.7 Å². The molecule has 0 aliphatic rings. The van der Waals surface area contributed by atoms with Gasteiger partial charge in [-0.25, -0.2) is 0 Å². The normalized spacial score (nSPS) is 10.4. The topological polar surface area (TPSA) is 9.23 Å². The molecule has 1 aromatic carbocycles. The molecule has 0 spiro atoms. The lowest BCUT2D eigenvalue weighted by atomic mass is 10.2. The molecule has 1 nitrogen and oxygen atoms in total. The van der Waals surface area contributed by atoms with Gasteiger partial charge in [-0.3, -0.25) is 0 Å². The molecule has 0 fully saturated rings. The van der Waals surface area contributed by atoms with Crippen LogP contribution in [0.1, 0.15) is 39.0 Å². The molecule has 16 heavy (non-hydrogen) atoms. The summed E-state index contributed by atoms with van der Waals surface area (Å²) in [6.45, 7) is 3.04. The number of ether oxygens (including phenoxy) is 1. The van der Waals surface area contributed by atoms with Gasteiger partial charge in [0.25, 0.3) is 0 Å². The van der Waals surface area contributed by atoms with Gasteiger partial charge in [-0.15, -0.1) is 0 Å². The van der Waals surface area contributed by atoms with E-state index < -0.39 is 0 Å². The van der Waals surface area contributed by atoms with Crippen LogP contribution in [0.4, 0.5) is 0 Å². The average molecular weight is 350 g/mol. The molecule has 0 aliphatic heterocycles. The maximum atomic E-state index is 5.69. The summed E-state index contributed by atoms with van der Waals surface area (Å²) in [7, 11) is 0. The Balaban J connectivity index is 2.21. The monoisotopic (exact) mass is 348 g/mol. The molecule has 0 aliphatic carbocycles. The van der Waals surface area contributed by atoms with E-state index in [0.29, 0.717) is 0 Å². The Hall–Kier alpha value is -0.0200. The number of rotatable bonds is 7. The minimum Gasteiger partial charge on any atom is -0.494 e. The first-order chi connectivity index (χ1) is 7.72. The summed E-state index contributed by atoms with van der Waals surface area (Å²) in [5.41, 5.74) is 0. The fraction of sp³-hybridized carbons (Fsp3) is 0.538. The Morgan fingerprint density at radius 2 is 1.56 bits per heavy atom. The van der Waals surface area contributed by atoms with Crippen molar-refractivity contribution in [3.05, 3.63) is 27.1 Å². The van der Waals surface area contributed by atoms with Crippen molar-refractivity contribution in [2.45, 2.75) is 39.0 Å². The van der Waals surface area contributed by atoms with E-state index in [9.17, 15) is 0 Å². The van der Waals surface area contributed by atoms with E-state index in [1.54, 1.807) is 0 Å². The van der Waals surface area contributed by atoms with Crippen molar-refractivity contribution in [3.8, 4) is 5.75 Å². The van der Waals surface area contributed by atoms with Crippen molar-refractivity contribution >= 4 is 31.9 Å². The third-order valence-corrected chi connectivity index (χ3v) is 3.27. The SMILES string of the molecule is CCCCCCCOc1cc(Br)cc(Br)c1.